The number of hydrogen-bond acceptors (Lipinski definition) is 3. The number of urea groups is 1. The Balaban J connectivity index is 2.14. The van der Waals surface area contributed by atoms with Gasteiger partial charge in [0.15, 0.2) is 0 Å². The number of carbonyl (C=O) groups is 1. The minimum Gasteiger partial charge on any atom is -0.385 e. The molecule has 0 atom stereocenters. The lowest BCUT2D eigenvalue weighted by Crippen LogP contribution is -2.65. The maximum absolute atomic E-state index is 11.7. The lowest BCUT2D eigenvalue weighted by atomic mass is 9.72. The van der Waals surface area contributed by atoms with Gasteiger partial charge in [0.25, 0.3) is 0 Å². The van der Waals surface area contributed by atoms with E-state index in [0.717, 1.165) is 12.8 Å². The van der Waals surface area contributed by atoms with E-state index in [0.29, 0.717) is 12.4 Å². The summed E-state index contributed by atoms with van der Waals surface area (Å²) >= 11 is 0. The molecular formula is C11H19N3O2. The van der Waals surface area contributed by atoms with Crippen LogP contribution < -0.4 is 5.73 Å². The highest BCUT2D eigenvalue weighted by Gasteiger charge is 2.58. The third-order valence-corrected chi connectivity index (χ3v) is 3.41. The molecule has 2 rings (SSSR count). The first kappa shape index (κ1) is 11.4. The molecule has 0 aromatic heterocycles. The molecule has 90 valence electrons. The molecule has 1 fully saturated rings. The molecule has 1 saturated carbocycles. The maximum Gasteiger partial charge on any atom is 0.346 e. The number of hydrogen-bond donors (Lipinski definition) is 1. The predicted octanol–water partition coefficient (Wildman–Crippen LogP) is 1.13. The Morgan fingerprint density at radius 3 is 2.75 bits per heavy atom. The molecule has 0 aromatic carbocycles. The molecular weight excluding hydrogens is 206 g/mol. The van der Waals surface area contributed by atoms with Crippen molar-refractivity contribution in [2.75, 3.05) is 6.61 Å². The number of rotatable bonds is 3. The molecule has 0 radical (unpaired) electrons. The number of nitrogens with zero attached hydrogens (tertiary/aromatic N) is 2. The monoisotopic (exact) mass is 225 g/mol. The number of ether oxygens (including phenoxy) is 1. The van der Waals surface area contributed by atoms with E-state index in [1.54, 1.807) is 4.90 Å². The van der Waals surface area contributed by atoms with Crippen LogP contribution in [-0.4, -0.2) is 41.1 Å². The van der Waals surface area contributed by atoms with Gasteiger partial charge in [-0.3, -0.25) is 0 Å². The van der Waals surface area contributed by atoms with Gasteiger partial charge in [-0.25, -0.2) is 4.79 Å². The van der Waals surface area contributed by atoms with Crippen molar-refractivity contribution in [1.82, 2.24) is 4.90 Å². The number of aliphatic imine (C=N–C) groups is 1. The molecule has 16 heavy (non-hydrogen) atoms. The fourth-order valence-corrected chi connectivity index (χ4v) is 2.74. The van der Waals surface area contributed by atoms with Crippen LogP contribution in [-0.2, 0) is 4.74 Å². The van der Waals surface area contributed by atoms with Crippen LogP contribution in [0.1, 0.15) is 33.6 Å². The van der Waals surface area contributed by atoms with E-state index >= 15 is 0 Å². The van der Waals surface area contributed by atoms with Gasteiger partial charge < -0.3 is 15.4 Å². The van der Waals surface area contributed by atoms with Crippen LogP contribution in [0.3, 0.4) is 0 Å². The molecule has 2 amide bonds. The van der Waals surface area contributed by atoms with Gasteiger partial charge in [0.1, 0.15) is 11.4 Å². The predicted molar refractivity (Wildman–Crippen MR) is 61.4 cm³/mol. The van der Waals surface area contributed by atoms with Crippen LogP contribution in [0.2, 0.25) is 0 Å². The SMILES string of the molecule is CCOC1CC2(C1)C(N)=NC(=O)N2C(C)C. The summed E-state index contributed by atoms with van der Waals surface area (Å²) in [6.07, 6.45) is 1.77. The highest BCUT2D eigenvalue weighted by molar-refractivity contribution is 6.06. The van der Waals surface area contributed by atoms with Crippen LogP contribution in [0.5, 0.6) is 0 Å². The van der Waals surface area contributed by atoms with E-state index in [-0.39, 0.29) is 23.7 Å². The summed E-state index contributed by atoms with van der Waals surface area (Å²) in [6, 6.07) is -0.0812. The Labute approximate surface area is 95.6 Å². The summed E-state index contributed by atoms with van der Waals surface area (Å²) in [4.78, 5) is 17.4. The number of nitrogens with two attached hydrogens (primary N) is 1. The van der Waals surface area contributed by atoms with Gasteiger partial charge in [-0.1, -0.05) is 0 Å². The zero-order valence-corrected chi connectivity index (χ0v) is 10.1. The van der Waals surface area contributed by atoms with Crippen molar-refractivity contribution >= 4 is 11.9 Å². The fraction of sp³-hybridized carbons (Fsp3) is 0.818. The maximum atomic E-state index is 11.7. The minimum absolute atomic E-state index is 0.125. The highest BCUT2D eigenvalue weighted by atomic mass is 16.5. The second-order valence-electron chi connectivity index (χ2n) is 4.76. The second-order valence-corrected chi connectivity index (χ2v) is 4.76. The average molecular weight is 225 g/mol. The Bertz CT molecular complexity index is 332. The van der Waals surface area contributed by atoms with Gasteiger partial charge in [-0.05, 0) is 20.8 Å². The molecule has 0 bridgehead atoms. The van der Waals surface area contributed by atoms with Crippen molar-refractivity contribution < 1.29 is 9.53 Å². The number of amides is 2. The van der Waals surface area contributed by atoms with Crippen LogP contribution >= 0.6 is 0 Å². The lowest BCUT2D eigenvalue weighted by molar-refractivity contribution is -0.0611. The fourth-order valence-electron chi connectivity index (χ4n) is 2.74. The molecule has 5 heteroatoms. The number of carbonyl (C=O) groups excluding carboxylic acids is 1. The normalized spacial score (nSPS) is 33.5. The first-order valence-electron chi connectivity index (χ1n) is 5.81. The second kappa shape index (κ2) is 3.73. The van der Waals surface area contributed by atoms with Crippen LogP contribution in [0.4, 0.5) is 4.79 Å². The van der Waals surface area contributed by atoms with E-state index in [1.165, 1.54) is 0 Å². The van der Waals surface area contributed by atoms with Crippen LogP contribution in [0.15, 0.2) is 4.99 Å². The standard InChI is InChI=1S/C11H19N3O2/c1-4-16-8-5-11(6-8)9(12)13-10(15)14(11)7(2)3/h7-8H,4-6H2,1-3H3,(H2,12,13,15). The third-order valence-electron chi connectivity index (χ3n) is 3.41. The quantitative estimate of drug-likeness (QED) is 0.782. The molecule has 1 aliphatic carbocycles. The molecule has 2 N–H and O–H groups in total. The largest absolute Gasteiger partial charge is 0.385 e. The van der Waals surface area contributed by atoms with Gasteiger partial charge >= 0.3 is 6.03 Å². The summed E-state index contributed by atoms with van der Waals surface area (Å²) in [5.41, 5.74) is 5.53. The molecule has 0 saturated heterocycles. The zero-order valence-electron chi connectivity index (χ0n) is 10.1. The molecule has 1 spiro atoms. The minimum atomic E-state index is -0.356. The van der Waals surface area contributed by atoms with Gasteiger partial charge in [0.05, 0.1) is 6.10 Å². The van der Waals surface area contributed by atoms with E-state index < -0.39 is 0 Å². The van der Waals surface area contributed by atoms with E-state index in [2.05, 4.69) is 4.99 Å². The first-order valence-corrected chi connectivity index (χ1v) is 5.81. The molecule has 1 aliphatic heterocycles. The van der Waals surface area contributed by atoms with E-state index in [9.17, 15) is 4.79 Å². The average Bonchev–Trinajstić information content (AvgIpc) is 2.37. The topological polar surface area (TPSA) is 67.9 Å². The Hall–Kier alpha value is -1.10. The Morgan fingerprint density at radius 1 is 1.62 bits per heavy atom. The summed E-state index contributed by atoms with van der Waals surface area (Å²) in [7, 11) is 0. The van der Waals surface area contributed by atoms with Crippen molar-refractivity contribution in [3.63, 3.8) is 0 Å². The summed E-state index contributed by atoms with van der Waals surface area (Å²) in [5.74, 6) is 0.460. The van der Waals surface area contributed by atoms with Gasteiger partial charge in [-0.2, -0.15) is 4.99 Å². The van der Waals surface area contributed by atoms with Crippen molar-refractivity contribution in [1.29, 1.82) is 0 Å². The van der Waals surface area contributed by atoms with Crippen LogP contribution in [0, 0.1) is 0 Å². The smallest absolute Gasteiger partial charge is 0.346 e. The number of amidine groups is 1. The molecule has 1 heterocycles. The third kappa shape index (κ3) is 1.42. The molecule has 5 nitrogen and oxygen atoms in total. The van der Waals surface area contributed by atoms with E-state index in [1.807, 2.05) is 20.8 Å². The van der Waals surface area contributed by atoms with Gasteiger partial charge in [0.2, 0.25) is 0 Å². The zero-order chi connectivity index (χ0) is 11.9. The summed E-state index contributed by atoms with van der Waals surface area (Å²) in [6.45, 7) is 6.65. The summed E-state index contributed by atoms with van der Waals surface area (Å²) in [5, 5.41) is 0. The van der Waals surface area contributed by atoms with Crippen LogP contribution in [0.25, 0.3) is 0 Å². The Morgan fingerprint density at radius 2 is 2.25 bits per heavy atom. The van der Waals surface area contributed by atoms with Crippen molar-refractivity contribution in [3.05, 3.63) is 0 Å². The molecule has 2 aliphatic rings. The van der Waals surface area contributed by atoms with Crippen molar-refractivity contribution in [2.45, 2.75) is 51.3 Å². The highest BCUT2D eigenvalue weighted by Crippen LogP contribution is 2.44. The lowest BCUT2D eigenvalue weighted by Gasteiger charge is -2.50. The molecule has 0 unspecified atom stereocenters. The first-order chi connectivity index (χ1) is 7.51. The summed E-state index contributed by atoms with van der Waals surface area (Å²) < 4.78 is 5.53. The van der Waals surface area contributed by atoms with E-state index in [4.69, 9.17) is 10.5 Å². The van der Waals surface area contributed by atoms with Gasteiger partial charge in [0, 0.05) is 25.5 Å². The van der Waals surface area contributed by atoms with Crippen molar-refractivity contribution in [3.8, 4) is 0 Å². The van der Waals surface area contributed by atoms with Crippen molar-refractivity contribution in [2.24, 2.45) is 10.7 Å². The Kier molecular flexibility index (Phi) is 2.66. The van der Waals surface area contributed by atoms with Gasteiger partial charge in [-0.15, -0.1) is 0 Å². The molecule has 0 aromatic rings.